The number of aromatic nitrogens is 3. The second-order valence-corrected chi connectivity index (χ2v) is 6.90. The van der Waals surface area contributed by atoms with Crippen LogP contribution >= 0.6 is 11.8 Å². The first-order valence-electron chi connectivity index (χ1n) is 8.26. The van der Waals surface area contributed by atoms with E-state index in [0.29, 0.717) is 16.4 Å². The average Bonchev–Trinajstić information content (AvgIpc) is 3.05. The van der Waals surface area contributed by atoms with E-state index in [1.54, 1.807) is 35.2 Å². The van der Waals surface area contributed by atoms with Crippen molar-refractivity contribution in [1.82, 2.24) is 14.8 Å². The molecule has 2 aromatic carbocycles. The molecular formula is C19H19N5O2S. The summed E-state index contributed by atoms with van der Waals surface area (Å²) >= 11 is 1.30. The van der Waals surface area contributed by atoms with Gasteiger partial charge in [0.1, 0.15) is 6.33 Å². The number of hydrogen-bond donors (Lipinski definition) is 2. The normalized spacial score (nSPS) is 10.4. The second-order valence-electron chi connectivity index (χ2n) is 5.96. The number of rotatable bonds is 6. The minimum atomic E-state index is -0.198. The molecule has 2 amide bonds. The van der Waals surface area contributed by atoms with Crippen LogP contribution in [0.4, 0.5) is 11.4 Å². The number of aryl methyl sites for hydroxylation is 2. The molecule has 3 aromatic rings. The van der Waals surface area contributed by atoms with E-state index in [2.05, 4.69) is 20.8 Å². The molecule has 0 aliphatic carbocycles. The zero-order chi connectivity index (χ0) is 19.2. The van der Waals surface area contributed by atoms with E-state index in [1.165, 1.54) is 11.8 Å². The highest BCUT2D eigenvalue weighted by Gasteiger charge is 2.09. The summed E-state index contributed by atoms with van der Waals surface area (Å²) in [5.74, 6) is -0.126. The van der Waals surface area contributed by atoms with Crippen molar-refractivity contribution in [2.45, 2.75) is 12.1 Å². The van der Waals surface area contributed by atoms with Crippen LogP contribution in [0.3, 0.4) is 0 Å². The Kier molecular flexibility index (Phi) is 5.87. The highest BCUT2D eigenvalue weighted by Crippen LogP contribution is 2.16. The Labute approximate surface area is 161 Å². The zero-order valence-electron chi connectivity index (χ0n) is 15.0. The van der Waals surface area contributed by atoms with Gasteiger partial charge in [-0.2, -0.15) is 0 Å². The molecule has 3 rings (SSSR count). The Morgan fingerprint density at radius 1 is 1.07 bits per heavy atom. The van der Waals surface area contributed by atoms with Gasteiger partial charge in [-0.25, -0.2) is 0 Å². The lowest BCUT2D eigenvalue weighted by atomic mass is 10.1. The predicted molar refractivity (Wildman–Crippen MR) is 106 cm³/mol. The van der Waals surface area contributed by atoms with Gasteiger partial charge in [0.15, 0.2) is 5.16 Å². The number of hydrogen-bond acceptors (Lipinski definition) is 5. The molecule has 0 atom stereocenters. The Morgan fingerprint density at radius 2 is 1.85 bits per heavy atom. The van der Waals surface area contributed by atoms with Gasteiger partial charge < -0.3 is 15.2 Å². The number of thioether (sulfide) groups is 1. The minimum absolute atomic E-state index is 0.153. The molecule has 7 nitrogen and oxygen atoms in total. The van der Waals surface area contributed by atoms with Crippen molar-refractivity contribution in [2.75, 3.05) is 16.4 Å². The SMILES string of the molecule is Cc1cccc(NC(=O)c2ccc(NC(=O)CSc3nncn3C)cc2)c1. The number of anilines is 2. The lowest BCUT2D eigenvalue weighted by Gasteiger charge is -2.08. The summed E-state index contributed by atoms with van der Waals surface area (Å²) in [5, 5.41) is 14.0. The van der Waals surface area contributed by atoms with E-state index in [-0.39, 0.29) is 17.6 Å². The maximum atomic E-state index is 12.3. The first-order valence-corrected chi connectivity index (χ1v) is 9.24. The smallest absolute Gasteiger partial charge is 0.255 e. The van der Waals surface area contributed by atoms with Gasteiger partial charge in [0.05, 0.1) is 5.75 Å². The topological polar surface area (TPSA) is 88.9 Å². The van der Waals surface area contributed by atoms with Gasteiger partial charge in [-0.05, 0) is 48.9 Å². The van der Waals surface area contributed by atoms with E-state index in [1.807, 2.05) is 38.2 Å². The van der Waals surface area contributed by atoms with E-state index < -0.39 is 0 Å². The van der Waals surface area contributed by atoms with Crippen LogP contribution in [0.15, 0.2) is 60.0 Å². The van der Waals surface area contributed by atoms with Crippen molar-refractivity contribution in [3.63, 3.8) is 0 Å². The lowest BCUT2D eigenvalue weighted by molar-refractivity contribution is -0.113. The van der Waals surface area contributed by atoms with Gasteiger partial charge in [0.25, 0.3) is 5.91 Å². The number of carbonyl (C=O) groups excluding carboxylic acids is 2. The molecule has 1 heterocycles. The molecule has 0 saturated heterocycles. The highest BCUT2D eigenvalue weighted by molar-refractivity contribution is 7.99. The van der Waals surface area contributed by atoms with E-state index in [0.717, 1.165) is 11.3 Å². The number of amides is 2. The minimum Gasteiger partial charge on any atom is -0.325 e. The standard InChI is InChI=1S/C19H19N5O2S/c1-13-4-3-5-16(10-13)22-18(26)14-6-8-15(9-7-14)21-17(25)11-27-19-23-20-12-24(19)2/h3-10,12H,11H2,1-2H3,(H,21,25)(H,22,26). The fourth-order valence-electron chi connectivity index (χ4n) is 2.36. The first kappa shape index (κ1) is 18.7. The number of benzene rings is 2. The Bertz CT molecular complexity index is 953. The van der Waals surface area contributed by atoms with Crippen molar-refractivity contribution < 1.29 is 9.59 Å². The van der Waals surface area contributed by atoms with Crippen LogP contribution in [0.1, 0.15) is 15.9 Å². The van der Waals surface area contributed by atoms with Crippen LogP contribution in [-0.2, 0) is 11.8 Å². The largest absolute Gasteiger partial charge is 0.325 e. The summed E-state index contributed by atoms with van der Waals surface area (Å²) in [6, 6.07) is 14.4. The van der Waals surface area contributed by atoms with Gasteiger partial charge in [-0.3, -0.25) is 9.59 Å². The Hall–Kier alpha value is -3.13. The number of carbonyl (C=O) groups is 2. The molecule has 0 fully saturated rings. The molecule has 27 heavy (non-hydrogen) atoms. The summed E-state index contributed by atoms with van der Waals surface area (Å²) in [7, 11) is 1.82. The van der Waals surface area contributed by atoms with Gasteiger partial charge in [-0.15, -0.1) is 10.2 Å². The molecular weight excluding hydrogens is 362 g/mol. The van der Waals surface area contributed by atoms with Crippen LogP contribution < -0.4 is 10.6 Å². The maximum absolute atomic E-state index is 12.3. The second kappa shape index (κ2) is 8.50. The number of nitrogens with zero attached hydrogens (tertiary/aromatic N) is 3. The van der Waals surface area contributed by atoms with Crippen LogP contribution in [0.2, 0.25) is 0 Å². The molecule has 0 aliphatic rings. The van der Waals surface area contributed by atoms with Crippen molar-refractivity contribution in [3.8, 4) is 0 Å². The van der Waals surface area contributed by atoms with Crippen molar-refractivity contribution in [3.05, 3.63) is 66.0 Å². The quantitative estimate of drug-likeness (QED) is 0.641. The fraction of sp³-hybridized carbons (Fsp3) is 0.158. The monoisotopic (exact) mass is 381 g/mol. The van der Waals surface area contributed by atoms with Gasteiger partial charge >= 0.3 is 0 Å². The van der Waals surface area contributed by atoms with Crippen LogP contribution in [-0.4, -0.2) is 32.3 Å². The lowest BCUT2D eigenvalue weighted by Crippen LogP contribution is -2.15. The summed E-state index contributed by atoms with van der Waals surface area (Å²) in [6.45, 7) is 1.97. The molecule has 0 saturated carbocycles. The molecule has 0 spiro atoms. The van der Waals surface area contributed by atoms with Crippen LogP contribution in [0, 0.1) is 6.92 Å². The van der Waals surface area contributed by atoms with Crippen LogP contribution in [0.5, 0.6) is 0 Å². The van der Waals surface area contributed by atoms with Gasteiger partial charge in [0.2, 0.25) is 5.91 Å². The third-order valence-corrected chi connectivity index (χ3v) is 4.74. The molecule has 0 unspecified atom stereocenters. The van der Waals surface area contributed by atoms with E-state index >= 15 is 0 Å². The van der Waals surface area contributed by atoms with Crippen LogP contribution in [0.25, 0.3) is 0 Å². The predicted octanol–water partition coefficient (Wildman–Crippen LogP) is 3.11. The van der Waals surface area contributed by atoms with Crippen molar-refractivity contribution in [2.24, 2.45) is 7.05 Å². The molecule has 0 bridgehead atoms. The Morgan fingerprint density at radius 3 is 2.52 bits per heavy atom. The van der Waals surface area contributed by atoms with Crippen molar-refractivity contribution >= 4 is 35.0 Å². The molecule has 8 heteroatoms. The summed E-state index contributed by atoms with van der Waals surface area (Å²) < 4.78 is 1.75. The zero-order valence-corrected chi connectivity index (χ0v) is 15.8. The molecule has 138 valence electrons. The molecule has 0 aliphatic heterocycles. The van der Waals surface area contributed by atoms with E-state index in [4.69, 9.17) is 0 Å². The summed E-state index contributed by atoms with van der Waals surface area (Å²) in [6.07, 6.45) is 1.58. The van der Waals surface area contributed by atoms with Crippen molar-refractivity contribution in [1.29, 1.82) is 0 Å². The molecule has 0 radical (unpaired) electrons. The first-order chi connectivity index (χ1) is 13.0. The molecule has 1 aromatic heterocycles. The third-order valence-electron chi connectivity index (χ3n) is 3.71. The van der Waals surface area contributed by atoms with E-state index in [9.17, 15) is 9.59 Å². The fourth-order valence-corrected chi connectivity index (χ4v) is 3.05. The Balaban J connectivity index is 1.54. The summed E-state index contributed by atoms with van der Waals surface area (Å²) in [4.78, 5) is 24.3. The summed E-state index contributed by atoms with van der Waals surface area (Å²) in [5.41, 5.74) is 2.97. The van der Waals surface area contributed by atoms with Gasteiger partial charge in [0, 0.05) is 24.0 Å². The number of nitrogens with one attached hydrogen (secondary N) is 2. The maximum Gasteiger partial charge on any atom is 0.255 e. The third kappa shape index (κ3) is 5.18. The average molecular weight is 381 g/mol. The van der Waals surface area contributed by atoms with Gasteiger partial charge in [-0.1, -0.05) is 23.9 Å². The molecule has 2 N–H and O–H groups in total. The highest BCUT2D eigenvalue weighted by atomic mass is 32.2.